The van der Waals surface area contributed by atoms with E-state index in [0.717, 1.165) is 53.4 Å². The molecule has 1 heterocycles. The maximum absolute atomic E-state index is 5.47. The zero-order valence-electron chi connectivity index (χ0n) is 19.4. The van der Waals surface area contributed by atoms with Gasteiger partial charge in [0.2, 0.25) is 0 Å². The van der Waals surface area contributed by atoms with Gasteiger partial charge in [-0.15, -0.1) is 34.2 Å². The van der Waals surface area contributed by atoms with Gasteiger partial charge in [0, 0.05) is 44.2 Å². The number of hydrogen-bond acceptors (Lipinski definition) is 6. The first-order chi connectivity index (χ1) is 15.2. The second kappa shape index (κ2) is 13.8. The van der Waals surface area contributed by atoms with Crippen molar-refractivity contribution in [2.24, 2.45) is 4.99 Å². The van der Waals surface area contributed by atoms with E-state index in [1.165, 1.54) is 25.7 Å². The number of halogens is 1. The van der Waals surface area contributed by atoms with E-state index in [1.54, 1.807) is 33.0 Å². The molecule has 2 N–H and O–H groups in total. The number of nitrogens with zero attached hydrogens (tertiary/aromatic N) is 4. The van der Waals surface area contributed by atoms with E-state index in [1.807, 2.05) is 18.2 Å². The Morgan fingerprint density at radius 1 is 1.19 bits per heavy atom. The molecule has 0 saturated heterocycles. The summed E-state index contributed by atoms with van der Waals surface area (Å²) in [6.07, 6.45) is 9.03. The summed E-state index contributed by atoms with van der Waals surface area (Å²) in [6, 6.07) is 6.38. The maximum atomic E-state index is 5.47. The lowest BCUT2D eigenvalue weighted by Crippen LogP contribution is -2.37. The van der Waals surface area contributed by atoms with E-state index in [-0.39, 0.29) is 24.0 Å². The first kappa shape index (κ1) is 26.6. The quantitative estimate of drug-likeness (QED) is 0.146. The van der Waals surface area contributed by atoms with Crippen LogP contribution in [0.4, 0.5) is 0 Å². The Morgan fingerprint density at radius 2 is 1.97 bits per heavy atom. The SMILES string of the molecule is CN=C(NCCCc1nnc(SC)n1C1CCCC1)NCc1ccc(OC)cc1OC.I. The summed E-state index contributed by atoms with van der Waals surface area (Å²) < 4.78 is 13.1. The predicted molar refractivity (Wildman–Crippen MR) is 141 cm³/mol. The van der Waals surface area contributed by atoms with Crippen LogP contribution >= 0.6 is 35.7 Å². The van der Waals surface area contributed by atoms with E-state index in [4.69, 9.17) is 9.47 Å². The van der Waals surface area contributed by atoms with Gasteiger partial charge in [0.1, 0.15) is 17.3 Å². The molecule has 8 nitrogen and oxygen atoms in total. The third-order valence-electron chi connectivity index (χ3n) is 5.64. The lowest BCUT2D eigenvalue weighted by atomic mass is 10.2. The van der Waals surface area contributed by atoms with Crippen molar-refractivity contribution in [1.29, 1.82) is 0 Å². The molecule has 1 aromatic heterocycles. The third-order valence-corrected chi connectivity index (χ3v) is 6.28. The highest BCUT2D eigenvalue weighted by Gasteiger charge is 2.23. The second-order valence-electron chi connectivity index (χ2n) is 7.55. The molecule has 0 aliphatic heterocycles. The molecule has 0 atom stereocenters. The number of guanidine groups is 1. The van der Waals surface area contributed by atoms with Gasteiger partial charge in [0.25, 0.3) is 0 Å². The smallest absolute Gasteiger partial charge is 0.191 e. The van der Waals surface area contributed by atoms with Crippen molar-refractivity contribution in [3.05, 3.63) is 29.6 Å². The first-order valence-corrected chi connectivity index (χ1v) is 12.1. The van der Waals surface area contributed by atoms with Crippen LogP contribution in [0.5, 0.6) is 11.5 Å². The highest BCUT2D eigenvalue weighted by Crippen LogP contribution is 2.33. The molecule has 0 radical (unpaired) electrons. The van der Waals surface area contributed by atoms with Gasteiger partial charge in [-0.05, 0) is 37.7 Å². The number of thioether (sulfide) groups is 1. The Hall–Kier alpha value is -1.69. The minimum atomic E-state index is 0. The molecule has 1 fully saturated rings. The van der Waals surface area contributed by atoms with Crippen LogP contribution < -0.4 is 20.1 Å². The minimum absolute atomic E-state index is 0. The largest absolute Gasteiger partial charge is 0.497 e. The monoisotopic (exact) mass is 574 g/mol. The van der Waals surface area contributed by atoms with Crippen LogP contribution in [-0.4, -0.2) is 54.8 Å². The van der Waals surface area contributed by atoms with E-state index >= 15 is 0 Å². The zero-order chi connectivity index (χ0) is 22.1. The molecule has 1 saturated carbocycles. The average molecular weight is 575 g/mol. The van der Waals surface area contributed by atoms with Crippen LogP contribution in [-0.2, 0) is 13.0 Å². The molecular weight excluding hydrogens is 539 g/mol. The molecule has 10 heteroatoms. The molecule has 0 amide bonds. The summed E-state index contributed by atoms with van der Waals surface area (Å²) in [5.74, 6) is 3.43. The minimum Gasteiger partial charge on any atom is -0.497 e. The van der Waals surface area contributed by atoms with Crippen molar-refractivity contribution in [2.45, 2.75) is 56.3 Å². The highest BCUT2D eigenvalue weighted by molar-refractivity contribution is 14.0. The standard InChI is InChI=1S/C22H34N6O2S.HI/c1-23-21(25-15-16-11-12-18(29-2)14-19(16)30-3)24-13-7-10-20-26-27-22(31-4)28(20)17-8-5-6-9-17;/h11-12,14,17H,5-10,13,15H2,1-4H3,(H2,23,24,25);1H. The zero-order valence-corrected chi connectivity index (χ0v) is 22.5. The van der Waals surface area contributed by atoms with Crippen molar-refractivity contribution in [3.63, 3.8) is 0 Å². The number of methoxy groups -OCH3 is 2. The molecule has 178 valence electrons. The van der Waals surface area contributed by atoms with Gasteiger partial charge in [-0.2, -0.15) is 0 Å². The Bertz CT molecular complexity index is 870. The summed E-state index contributed by atoms with van der Waals surface area (Å²) >= 11 is 1.69. The number of nitrogens with one attached hydrogen (secondary N) is 2. The lowest BCUT2D eigenvalue weighted by Gasteiger charge is -2.17. The average Bonchev–Trinajstić information content (AvgIpc) is 3.47. The normalized spacial score (nSPS) is 14.2. The number of ether oxygens (including phenoxy) is 2. The summed E-state index contributed by atoms with van der Waals surface area (Å²) in [4.78, 5) is 4.33. The van der Waals surface area contributed by atoms with Crippen LogP contribution in [0.15, 0.2) is 28.3 Å². The fourth-order valence-corrected chi connectivity index (χ4v) is 4.57. The van der Waals surface area contributed by atoms with Crippen molar-refractivity contribution in [2.75, 3.05) is 34.1 Å². The van der Waals surface area contributed by atoms with Crippen molar-refractivity contribution >= 4 is 41.7 Å². The molecule has 1 aliphatic carbocycles. The van der Waals surface area contributed by atoms with Crippen LogP contribution in [0, 0.1) is 0 Å². The molecule has 32 heavy (non-hydrogen) atoms. The number of hydrogen-bond donors (Lipinski definition) is 2. The Balaban J connectivity index is 0.00000363. The highest BCUT2D eigenvalue weighted by atomic mass is 127. The lowest BCUT2D eigenvalue weighted by molar-refractivity contribution is 0.390. The summed E-state index contributed by atoms with van der Waals surface area (Å²) in [5.41, 5.74) is 1.04. The number of aryl methyl sites for hydroxylation is 1. The van der Waals surface area contributed by atoms with Gasteiger partial charge in [-0.3, -0.25) is 4.99 Å². The van der Waals surface area contributed by atoms with Crippen molar-refractivity contribution < 1.29 is 9.47 Å². The van der Waals surface area contributed by atoms with E-state index in [0.29, 0.717) is 12.6 Å². The van der Waals surface area contributed by atoms with Crippen LogP contribution in [0.2, 0.25) is 0 Å². The first-order valence-electron chi connectivity index (χ1n) is 10.8. The fraction of sp³-hybridized carbons (Fsp3) is 0.591. The number of aliphatic imine (C=N–C) groups is 1. The number of rotatable bonds is 10. The number of benzene rings is 1. The second-order valence-corrected chi connectivity index (χ2v) is 8.32. The topological polar surface area (TPSA) is 85.6 Å². The predicted octanol–water partition coefficient (Wildman–Crippen LogP) is 4.05. The maximum Gasteiger partial charge on any atom is 0.191 e. The van der Waals surface area contributed by atoms with Crippen LogP contribution in [0.25, 0.3) is 0 Å². The molecule has 0 bridgehead atoms. The summed E-state index contributed by atoms with van der Waals surface area (Å²) in [7, 11) is 5.09. The molecule has 2 aromatic rings. The Morgan fingerprint density at radius 3 is 2.62 bits per heavy atom. The van der Waals surface area contributed by atoms with E-state index in [2.05, 4.69) is 36.6 Å². The van der Waals surface area contributed by atoms with Crippen molar-refractivity contribution in [3.8, 4) is 11.5 Å². The van der Waals surface area contributed by atoms with Gasteiger partial charge in [-0.25, -0.2) is 0 Å². The van der Waals surface area contributed by atoms with Crippen LogP contribution in [0.3, 0.4) is 0 Å². The van der Waals surface area contributed by atoms with Crippen LogP contribution in [0.1, 0.15) is 49.5 Å². The van der Waals surface area contributed by atoms with Gasteiger partial charge in [0.05, 0.1) is 14.2 Å². The molecule has 1 aliphatic rings. The van der Waals surface area contributed by atoms with Gasteiger partial charge >= 0.3 is 0 Å². The molecule has 0 spiro atoms. The Labute approximate surface area is 212 Å². The van der Waals surface area contributed by atoms with Crippen molar-refractivity contribution in [1.82, 2.24) is 25.4 Å². The molecule has 3 rings (SSSR count). The fourth-order valence-electron chi connectivity index (χ4n) is 4.00. The van der Waals surface area contributed by atoms with E-state index in [9.17, 15) is 0 Å². The van der Waals surface area contributed by atoms with Gasteiger partial charge in [0.15, 0.2) is 11.1 Å². The van der Waals surface area contributed by atoms with E-state index < -0.39 is 0 Å². The molecule has 1 aromatic carbocycles. The number of aromatic nitrogens is 3. The third kappa shape index (κ3) is 6.90. The summed E-state index contributed by atoms with van der Waals surface area (Å²) in [6.45, 7) is 1.42. The molecular formula is C22H35IN6O2S. The van der Waals surface area contributed by atoms with Gasteiger partial charge < -0.3 is 24.7 Å². The summed E-state index contributed by atoms with van der Waals surface area (Å²) in [5, 5.41) is 16.7. The molecule has 0 unspecified atom stereocenters. The van der Waals surface area contributed by atoms with Gasteiger partial charge in [-0.1, -0.05) is 24.6 Å². The Kier molecular flexibility index (Phi) is 11.4.